The molecule has 7 rings (SSSR count). The maximum atomic E-state index is 14.5. The van der Waals surface area contributed by atoms with Crippen molar-refractivity contribution in [2.24, 2.45) is 21.7 Å². The fraction of sp³-hybridized carbons (Fsp3) is 0.444. The summed E-state index contributed by atoms with van der Waals surface area (Å²) in [5.74, 6) is 0.469. The molecule has 4 spiro atoms. The van der Waals surface area contributed by atoms with E-state index in [1.54, 1.807) is 48.5 Å². The second-order valence-corrected chi connectivity index (χ2v) is 12.9. The molecule has 228 valence electrons. The molecule has 8 heteroatoms. The number of rotatable bonds is 4. The number of carbonyl (C=O) groups excluding carboxylic acids is 4. The average molecular weight is 597 g/mol. The molecule has 0 unspecified atom stereocenters. The molecule has 2 aromatic carbocycles. The minimum atomic E-state index is -0.963. The Morgan fingerprint density at radius 2 is 0.909 bits per heavy atom. The lowest BCUT2D eigenvalue weighted by atomic mass is 9.20. The Morgan fingerprint density at radius 1 is 0.568 bits per heavy atom. The summed E-state index contributed by atoms with van der Waals surface area (Å²) in [5, 5.41) is 0. The van der Waals surface area contributed by atoms with E-state index in [0.717, 1.165) is 75.3 Å². The summed E-state index contributed by atoms with van der Waals surface area (Å²) in [4.78, 5) is 51.8. The molecule has 0 bridgehead atoms. The first-order valence-electron chi connectivity index (χ1n) is 15.7. The van der Waals surface area contributed by atoms with Gasteiger partial charge in [0, 0.05) is 35.8 Å². The van der Waals surface area contributed by atoms with Crippen LogP contribution in [-0.4, -0.2) is 23.9 Å². The average Bonchev–Trinajstić information content (AvgIpc) is 3.58. The summed E-state index contributed by atoms with van der Waals surface area (Å²) < 4.78 is 22.8. The number of ether oxygens (including phenoxy) is 4. The van der Waals surface area contributed by atoms with Crippen LogP contribution in [0, 0.1) is 21.7 Å². The molecule has 2 aromatic rings. The van der Waals surface area contributed by atoms with Crippen LogP contribution >= 0.6 is 0 Å². The van der Waals surface area contributed by atoms with Gasteiger partial charge >= 0.3 is 23.9 Å². The van der Waals surface area contributed by atoms with Crippen LogP contribution in [0.5, 0.6) is 11.5 Å². The van der Waals surface area contributed by atoms with Gasteiger partial charge in [-0.3, -0.25) is 19.2 Å². The van der Waals surface area contributed by atoms with E-state index in [2.05, 4.69) is 0 Å². The normalized spacial score (nSPS) is 23.5. The first kappa shape index (κ1) is 28.6. The fourth-order valence-electron chi connectivity index (χ4n) is 9.62. The molecule has 0 radical (unpaired) electrons. The van der Waals surface area contributed by atoms with Gasteiger partial charge in [0.05, 0.1) is 0 Å². The standard InChI is InChI=1S/C36H36O8/c1-23(37)41-27-13-9-25(10-14-27)29-21-35(31(39)43-29)33(17-5-3-6-18-33)36(34(35)19-7-4-8-20-34)22-30(44-32(36)40)26-11-15-28(16-12-26)42-24(2)38/h9-16,21-22H,3-8,17-20H2,1-2H3. The summed E-state index contributed by atoms with van der Waals surface area (Å²) in [6.07, 6.45) is 12.8. The minimum absolute atomic E-state index is 0.272. The van der Waals surface area contributed by atoms with E-state index in [4.69, 9.17) is 18.9 Å². The molecular formula is C36H36O8. The van der Waals surface area contributed by atoms with Crippen molar-refractivity contribution in [1.29, 1.82) is 0 Å². The molecule has 0 amide bonds. The zero-order chi connectivity index (χ0) is 30.7. The van der Waals surface area contributed by atoms with Gasteiger partial charge in [-0.1, -0.05) is 38.5 Å². The summed E-state index contributed by atoms with van der Waals surface area (Å²) >= 11 is 0. The van der Waals surface area contributed by atoms with Crippen LogP contribution in [0.25, 0.3) is 11.5 Å². The first-order valence-corrected chi connectivity index (χ1v) is 15.7. The maximum absolute atomic E-state index is 14.5. The van der Waals surface area contributed by atoms with Crippen molar-refractivity contribution in [3.63, 3.8) is 0 Å². The van der Waals surface area contributed by atoms with E-state index < -0.39 is 33.6 Å². The van der Waals surface area contributed by atoms with Crippen LogP contribution < -0.4 is 9.47 Å². The van der Waals surface area contributed by atoms with Gasteiger partial charge in [0.15, 0.2) is 0 Å². The zero-order valence-corrected chi connectivity index (χ0v) is 25.1. The Balaban J connectivity index is 1.36. The summed E-state index contributed by atoms with van der Waals surface area (Å²) in [6.45, 7) is 2.70. The monoisotopic (exact) mass is 596 g/mol. The van der Waals surface area contributed by atoms with E-state index >= 15 is 0 Å². The Hall–Kier alpha value is -4.20. The van der Waals surface area contributed by atoms with Crippen molar-refractivity contribution in [3.8, 4) is 11.5 Å². The quantitative estimate of drug-likeness (QED) is 0.277. The second-order valence-electron chi connectivity index (χ2n) is 12.9. The van der Waals surface area contributed by atoms with E-state index in [-0.39, 0.29) is 11.9 Å². The van der Waals surface area contributed by atoms with Crippen molar-refractivity contribution in [3.05, 3.63) is 71.8 Å². The van der Waals surface area contributed by atoms with Gasteiger partial charge in [-0.25, -0.2) is 0 Å². The molecule has 8 nitrogen and oxygen atoms in total. The van der Waals surface area contributed by atoms with Crippen LogP contribution in [0.1, 0.15) is 89.2 Å². The van der Waals surface area contributed by atoms with Crippen molar-refractivity contribution in [2.45, 2.75) is 78.1 Å². The summed E-state index contributed by atoms with van der Waals surface area (Å²) in [7, 11) is 0. The lowest BCUT2D eigenvalue weighted by Gasteiger charge is -2.78. The van der Waals surface area contributed by atoms with Gasteiger partial charge in [0.25, 0.3) is 0 Å². The molecule has 0 saturated heterocycles. The molecule has 3 fully saturated rings. The second kappa shape index (κ2) is 10.2. The van der Waals surface area contributed by atoms with Gasteiger partial charge in [-0.05, 0) is 86.4 Å². The molecule has 3 saturated carbocycles. The first-order chi connectivity index (χ1) is 21.2. The van der Waals surface area contributed by atoms with E-state index in [1.807, 2.05) is 12.2 Å². The highest BCUT2D eigenvalue weighted by molar-refractivity contribution is 6.03. The van der Waals surface area contributed by atoms with Crippen LogP contribution in [0.3, 0.4) is 0 Å². The highest BCUT2D eigenvalue weighted by Crippen LogP contribution is 2.89. The SMILES string of the molecule is CC(=O)Oc1ccc(C2=CC3(C(=O)O2)C2(CCCCC2)C2(C=C(c4ccc(OC(C)=O)cc4)OC2=O)C32CCCCC2)cc1. The lowest BCUT2D eigenvalue weighted by molar-refractivity contribution is -0.301. The van der Waals surface area contributed by atoms with Crippen LogP contribution in [0.4, 0.5) is 0 Å². The molecule has 5 aliphatic rings. The van der Waals surface area contributed by atoms with Crippen LogP contribution in [0.2, 0.25) is 0 Å². The maximum Gasteiger partial charge on any atom is 0.322 e. The van der Waals surface area contributed by atoms with Crippen LogP contribution in [-0.2, 0) is 28.7 Å². The molecule has 2 aliphatic heterocycles. The van der Waals surface area contributed by atoms with Crippen LogP contribution in [0.15, 0.2) is 60.7 Å². The Labute approximate surface area is 256 Å². The molecule has 0 atom stereocenters. The summed E-state index contributed by atoms with van der Waals surface area (Å²) in [5.41, 5.74) is -1.83. The fourth-order valence-corrected chi connectivity index (χ4v) is 9.62. The van der Waals surface area contributed by atoms with Gasteiger partial charge < -0.3 is 18.9 Å². The molecule has 3 aliphatic carbocycles. The molecular weight excluding hydrogens is 560 g/mol. The highest BCUT2D eigenvalue weighted by atomic mass is 16.6. The topological polar surface area (TPSA) is 105 Å². The van der Waals surface area contributed by atoms with E-state index in [9.17, 15) is 19.2 Å². The third kappa shape index (κ3) is 3.69. The Bertz CT molecular complexity index is 1460. The van der Waals surface area contributed by atoms with Crippen molar-refractivity contribution in [2.75, 3.05) is 0 Å². The molecule has 44 heavy (non-hydrogen) atoms. The smallest absolute Gasteiger partial charge is 0.322 e. The number of hydrogen-bond donors (Lipinski definition) is 0. The van der Waals surface area contributed by atoms with Crippen molar-refractivity contribution >= 4 is 35.4 Å². The third-order valence-corrected chi connectivity index (χ3v) is 11.0. The van der Waals surface area contributed by atoms with Gasteiger partial charge in [0.1, 0.15) is 33.8 Å². The van der Waals surface area contributed by atoms with Crippen molar-refractivity contribution in [1.82, 2.24) is 0 Å². The largest absolute Gasteiger partial charge is 0.427 e. The number of esters is 4. The predicted molar refractivity (Wildman–Crippen MR) is 160 cm³/mol. The van der Waals surface area contributed by atoms with Gasteiger partial charge in [-0.15, -0.1) is 0 Å². The Morgan fingerprint density at radius 3 is 1.23 bits per heavy atom. The number of carbonyl (C=O) groups is 4. The number of benzene rings is 2. The minimum Gasteiger partial charge on any atom is -0.427 e. The van der Waals surface area contributed by atoms with E-state index in [1.165, 1.54) is 13.8 Å². The number of fused-ring (bicyclic) bond motifs is 4. The molecule has 0 aromatic heterocycles. The van der Waals surface area contributed by atoms with Crippen molar-refractivity contribution < 1.29 is 38.1 Å². The van der Waals surface area contributed by atoms with Gasteiger partial charge in [-0.2, -0.15) is 0 Å². The zero-order valence-electron chi connectivity index (χ0n) is 25.1. The number of cyclic esters (lactones) is 2. The highest BCUT2D eigenvalue weighted by Gasteiger charge is 2.92. The third-order valence-electron chi connectivity index (χ3n) is 11.0. The van der Waals surface area contributed by atoms with E-state index in [0.29, 0.717) is 23.0 Å². The van der Waals surface area contributed by atoms with Gasteiger partial charge in [0.2, 0.25) is 0 Å². The predicted octanol–water partition coefficient (Wildman–Crippen LogP) is 6.92. The molecule has 0 N–H and O–H groups in total. The summed E-state index contributed by atoms with van der Waals surface area (Å²) in [6, 6.07) is 14.0. The Kier molecular flexibility index (Phi) is 6.61. The molecule has 2 heterocycles. The number of hydrogen-bond acceptors (Lipinski definition) is 8. The lowest BCUT2D eigenvalue weighted by Crippen LogP contribution is -2.82.